The smallest absolute Gasteiger partial charge is 0.203 e. The van der Waals surface area contributed by atoms with Crippen molar-refractivity contribution in [3.8, 4) is 0 Å². The summed E-state index contributed by atoms with van der Waals surface area (Å²) in [6.07, 6.45) is 2.67. The molecule has 1 fully saturated rings. The van der Waals surface area contributed by atoms with Crippen molar-refractivity contribution in [3.05, 3.63) is 5.01 Å². The van der Waals surface area contributed by atoms with Crippen LogP contribution in [0.4, 0.5) is 5.13 Å². The zero-order valence-electron chi connectivity index (χ0n) is 7.73. The van der Waals surface area contributed by atoms with Gasteiger partial charge < -0.3 is 5.73 Å². The molecule has 1 aliphatic carbocycles. The summed E-state index contributed by atoms with van der Waals surface area (Å²) in [7, 11) is 0. The van der Waals surface area contributed by atoms with Gasteiger partial charge >= 0.3 is 0 Å². The largest absolute Gasteiger partial charge is 0.374 e. The predicted molar refractivity (Wildman–Crippen MR) is 53.4 cm³/mol. The van der Waals surface area contributed by atoms with Crippen LogP contribution >= 0.6 is 11.3 Å². The molecule has 2 rings (SSSR count). The molecule has 5 heteroatoms. The predicted octanol–water partition coefficient (Wildman–Crippen LogP) is 1.10. The first-order valence-electron chi connectivity index (χ1n) is 4.61. The molecule has 13 heavy (non-hydrogen) atoms. The van der Waals surface area contributed by atoms with Crippen molar-refractivity contribution < 1.29 is 0 Å². The zero-order valence-corrected chi connectivity index (χ0v) is 8.55. The Morgan fingerprint density at radius 3 is 2.77 bits per heavy atom. The molecule has 0 spiro atoms. The zero-order chi connectivity index (χ0) is 9.26. The Labute approximate surface area is 81.8 Å². The van der Waals surface area contributed by atoms with Crippen LogP contribution < -0.4 is 5.73 Å². The van der Waals surface area contributed by atoms with Crippen LogP contribution in [-0.2, 0) is 6.54 Å². The third-order valence-corrected chi connectivity index (χ3v) is 3.03. The minimum atomic E-state index is 0.571. The summed E-state index contributed by atoms with van der Waals surface area (Å²) in [6.45, 7) is 4.18. The fourth-order valence-electron chi connectivity index (χ4n) is 1.44. The van der Waals surface area contributed by atoms with Gasteiger partial charge in [0.15, 0.2) is 0 Å². The highest BCUT2D eigenvalue weighted by Gasteiger charge is 2.28. The molecule has 4 nitrogen and oxygen atoms in total. The molecule has 2 N–H and O–H groups in total. The standard InChI is InChI=1S/C8H14N4S/c1-2-12(6-3-4-6)5-7-10-11-8(9)13-7/h6H,2-5H2,1H3,(H2,9,11). The minimum absolute atomic E-state index is 0.571. The number of nitrogen functional groups attached to an aromatic ring is 1. The molecule has 72 valence electrons. The highest BCUT2D eigenvalue weighted by atomic mass is 32.1. The van der Waals surface area contributed by atoms with Gasteiger partial charge in [0.05, 0.1) is 6.54 Å². The maximum atomic E-state index is 5.51. The van der Waals surface area contributed by atoms with E-state index < -0.39 is 0 Å². The normalized spacial score (nSPS) is 16.8. The number of nitrogens with two attached hydrogens (primary N) is 1. The average molecular weight is 198 g/mol. The van der Waals surface area contributed by atoms with Gasteiger partial charge in [0.25, 0.3) is 0 Å². The van der Waals surface area contributed by atoms with Crippen molar-refractivity contribution in [2.75, 3.05) is 12.3 Å². The van der Waals surface area contributed by atoms with Crippen LogP contribution in [0, 0.1) is 0 Å². The lowest BCUT2D eigenvalue weighted by atomic mass is 10.4. The van der Waals surface area contributed by atoms with Crippen molar-refractivity contribution in [3.63, 3.8) is 0 Å². The van der Waals surface area contributed by atoms with Crippen LogP contribution in [-0.4, -0.2) is 27.7 Å². The summed E-state index contributed by atoms with van der Waals surface area (Å²) in [5, 5.41) is 9.42. The molecule has 1 aromatic heterocycles. The van der Waals surface area contributed by atoms with Crippen LogP contribution in [0.15, 0.2) is 0 Å². The van der Waals surface area contributed by atoms with E-state index in [9.17, 15) is 0 Å². The molecule has 0 atom stereocenters. The Kier molecular flexibility index (Phi) is 2.46. The van der Waals surface area contributed by atoms with E-state index in [0.29, 0.717) is 5.13 Å². The molecular weight excluding hydrogens is 184 g/mol. The van der Waals surface area contributed by atoms with Gasteiger partial charge in [-0.3, -0.25) is 4.90 Å². The molecule has 1 heterocycles. The molecule has 0 radical (unpaired) electrons. The summed E-state index contributed by atoms with van der Waals surface area (Å²) in [6, 6.07) is 0.787. The third-order valence-electron chi connectivity index (χ3n) is 2.29. The fourth-order valence-corrected chi connectivity index (χ4v) is 2.08. The Hall–Kier alpha value is -0.680. The van der Waals surface area contributed by atoms with Crippen molar-refractivity contribution in [2.45, 2.75) is 32.4 Å². The Bertz CT molecular complexity index is 281. The molecule has 0 bridgehead atoms. The van der Waals surface area contributed by atoms with Crippen molar-refractivity contribution in [1.82, 2.24) is 15.1 Å². The highest BCUT2D eigenvalue weighted by Crippen LogP contribution is 2.28. The van der Waals surface area contributed by atoms with Gasteiger partial charge in [-0.2, -0.15) is 0 Å². The molecule has 0 unspecified atom stereocenters. The van der Waals surface area contributed by atoms with Gasteiger partial charge in [-0.05, 0) is 19.4 Å². The van der Waals surface area contributed by atoms with E-state index >= 15 is 0 Å². The van der Waals surface area contributed by atoms with Crippen molar-refractivity contribution in [2.24, 2.45) is 0 Å². The van der Waals surface area contributed by atoms with E-state index in [1.54, 1.807) is 0 Å². The summed E-state index contributed by atoms with van der Waals surface area (Å²) < 4.78 is 0. The monoisotopic (exact) mass is 198 g/mol. The summed E-state index contributed by atoms with van der Waals surface area (Å²) in [5.41, 5.74) is 5.51. The number of hydrogen-bond acceptors (Lipinski definition) is 5. The summed E-state index contributed by atoms with van der Waals surface area (Å²) >= 11 is 1.49. The lowest BCUT2D eigenvalue weighted by Gasteiger charge is -2.17. The number of hydrogen-bond donors (Lipinski definition) is 1. The lowest BCUT2D eigenvalue weighted by molar-refractivity contribution is 0.268. The van der Waals surface area contributed by atoms with E-state index in [1.807, 2.05) is 0 Å². The highest BCUT2D eigenvalue weighted by molar-refractivity contribution is 7.15. The van der Waals surface area contributed by atoms with Crippen LogP contribution in [0.25, 0.3) is 0 Å². The minimum Gasteiger partial charge on any atom is -0.374 e. The number of rotatable bonds is 4. The van der Waals surface area contributed by atoms with E-state index in [2.05, 4.69) is 22.0 Å². The molecule has 1 aliphatic rings. The van der Waals surface area contributed by atoms with Gasteiger partial charge in [0.2, 0.25) is 5.13 Å². The molecule has 0 aliphatic heterocycles. The average Bonchev–Trinajstić information content (AvgIpc) is 2.87. The summed E-state index contributed by atoms with van der Waals surface area (Å²) in [4.78, 5) is 2.43. The SMILES string of the molecule is CCN(Cc1nnc(N)s1)C1CC1. The van der Waals surface area contributed by atoms with Gasteiger partial charge in [0, 0.05) is 6.04 Å². The van der Waals surface area contributed by atoms with E-state index in [1.165, 1.54) is 24.2 Å². The maximum Gasteiger partial charge on any atom is 0.203 e. The molecular formula is C8H14N4S. The first kappa shape index (κ1) is 8.90. The molecule has 0 aromatic carbocycles. The number of nitrogens with zero attached hydrogens (tertiary/aromatic N) is 3. The Balaban J connectivity index is 1.95. The fraction of sp³-hybridized carbons (Fsp3) is 0.750. The lowest BCUT2D eigenvalue weighted by Crippen LogP contribution is -2.24. The van der Waals surface area contributed by atoms with Crippen LogP contribution in [0.3, 0.4) is 0 Å². The molecule has 0 amide bonds. The second-order valence-corrected chi connectivity index (χ2v) is 4.42. The number of aromatic nitrogens is 2. The van der Waals surface area contributed by atoms with Crippen molar-refractivity contribution >= 4 is 16.5 Å². The van der Waals surface area contributed by atoms with Crippen LogP contribution in [0.1, 0.15) is 24.8 Å². The maximum absolute atomic E-state index is 5.51. The number of anilines is 1. The third kappa shape index (κ3) is 2.16. The first-order valence-corrected chi connectivity index (χ1v) is 5.43. The van der Waals surface area contributed by atoms with Gasteiger partial charge in [-0.1, -0.05) is 18.3 Å². The topological polar surface area (TPSA) is 55.0 Å². The van der Waals surface area contributed by atoms with Crippen LogP contribution in [0.5, 0.6) is 0 Å². The van der Waals surface area contributed by atoms with E-state index in [4.69, 9.17) is 5.73 Å². The molecule has 0 saturated heterocycles. The van der Waals surface area contributed by atoms with Crippen molar-refractivity contribution in [1.29, 1.82) is 0 Å². The van der Waals surface area contributed by atoms with Crippen LogP contribution in [0.2, 0.25) is 0 Å². The van der Waals surface area contributed by atoms with E-state index in [0.717, 1.165) is 24.1 Å². The quantitative estimate of drug-likeness (QED) is 0.787. The Morgan fingerprint density at radius 2 is 2.31 bits per heavy atom. The van der Waals surface area contributed by atoms with Gasteiger partial charge in [0.1, 0.15) is 5.01 Å². The van der Waals surface area contributed by atoms with E-state index in [-0.39, 0.29) is 0 Å². The second-order valence-electron chi connectivity index (χ2n) is 3.33. The molecule has 1 saturated carbocycles. The molecule has 1 aromatic rings. The Morgan fingerprint density at radius 1 is 1.54 bits per heavy atom. The first-order chi connectivity index (χ1) is 6.29. The summed E-state index contributed by atoms with van der Waals surface area (Å²) in [5.74, 6) is 0. The van der Waals surface area contributed by atoms with Gasteiger partial charge in [-0.15, -0.1) is 10.2 Å². The second kappa shape index (κ2) is 3.59. The van der Waals surface area contributed by atoms with Gasteiger partial charge in [-0.25, -0.2) is 0 Å².